The van der Waals surface area contributed by atoms with Gasteiger partial charge in [0.15, 0.2) is 0 Å². The van der Waals surface area contributed by atoms with Crippen LogP contribution in [0, 0.1) is 0 Å². The summed E-state index contributed by atoms with van der Waals surface area (Å²) in [6, 6.07) is 17.5. The number of aromatic nitrogens is 3. The number of nitrogens with two attached hydrogens (primary N) is 1. The summed E-state index contributed by atoms with van der Waals surface area (Å²) in [5.41, 5.74) is 7.92. The molecule has 3 rings (SSSR count). The van der Waals surface area contributed by atoms with Crippen LogP contribution >= 0.6 is 0 Å². The summed E-state index contributed by atoms with van der Waals surface area (Å²) >= 11 is 0. The second-order valence-corrected chi connectivity index (χ2v) is 4.74. The monoisotopic (exact) mass is 295 g/mol. The van der Waals surface area contributed by atoms with Crippen LogP contribution < -0.4 is 15.8 Å². The minimum absolute atomic E-state index is 0.334. The molecule has 1 heterocycles. The fourth-order valence-corrected chi connectivity index (χ4v) is 2.09. The molecule has 0 aliphatic carbocycles. The number of rotatable bonds is 5. The van der Waals surface area contributed by atoms with Crippen LogP contribution in [0.5, 0.6) is 5.75 Å². The molecule has 0 saturated carbocycles. The van der Waals surface area contributed by atoms with Crippen molar-refractivity contribution in [1.29, 1.82) is 0 Å². The fourth-order valence-electron chi connectivity index (χ4n) is 2.09. The number of ether oxygens (including phenoxy) is 1. The standard InChI is InChI=1S/C16H17N5O/c1-22-14-9-7-13(8-10-14)21-15(17)19-16(20-21)18-11-12-5-3-2-4-6-12/h2-10H,11H2,1H3,(H3,17,18,19,20). The largest absolute Gasteiger partial charge is 0.497 e. The van der Waals surface area contributed by atoms with Gasteiger partial charge in [0.05, 0.1) is 12.8 Å². The lowest BCUT2D eigenvalue weighted by atomic mass is 10.2. The van der Waals surface area contributed by atoms with Crippen molar-refractivity contribution in [1.82, 2.24) is 14.8 Å². The van der Waals surface area contributed by atoms with Crippen molar-refractivity contribution in [2.24, 2.45) is 0 Å². The molecule has 0 unspecified atom stereocenters. The minimum atomic E-state index is 0.334. The van der Waals surface area contributed by atoms with E-state index in [0.717, 1.165) is 17.0 Å². The van der Waals surface area contributed by atoms with Crippen LogP contribution in [0.2, 0.25) is 0 Å². The van der Waals surface area contributed by atoms with Crippen LogP contribution in [0.4, 0.5) is 11.9 Å². The molecular formula is C16H17N5O. The Labute approximate surface area is 128 Å². The van der Waals surface area contributed by atoms with Gasteiger partial charge in [0.1, 0.15) is 5.75 Å². The summed E-state index contributed by atoms with van der Waals surface area (Å²) < 4.78 is 6.73. The number of nitrogens with one attached hydrogen (secondary N) is 1. The minimum Gasteiger partial charge on any atom is -0.497 e. The lowest BCUT2D eigenvalue weighted by molar-refractivity contribution is 0.414. The Morgan fingerprint density at radius 1 is 1.09 bits per heavy atom. The molecule has 1 aromatic heterocycles. The van der Waals surface area contributed by atoms with E-state index in [1.54, 1.807) is 11.8 Å². The van der Waals surface area contributed by atoms with Crippen molar-refractivity contribution >= 4 is 11.9 Å². The predicted octanol–water partition coefficient (Wildman–Crippen LogP) is 2.47. The fraction of sp³-hybridized carbons (Fsp3) is 0.125. The zero-order chi connectivity index (χ0) is 15.4. The average molecular weight is 295 g/mol. The summed E-state index contributed by atoms with van der Waals surface area (Å²) in [7, 11) is 1.63. The molecule has 0 fully saturated rings. The van der Waals surface area contributed by atoms with Crippen LogP contribution in [0.3, 0.4) is 0 Å². The van der Waals surface area contributed by atoms with Gasteiger partial charge in [-0.2, -0.15) is 9.67 Å². The molecule has 22 heavy (non-hydrogen) atoms. The molecule has 0 spiro atoms. The maximum absolute atomic E-state index is 5.93. The first-order chi connectivity index (χ1) is 10.8. The first-order valence-corrected chi connectivity index (χ1v) is 6.91. The second kappa shape index (κ2) is 6.17. The highest BCUT2D eigenvalue weighted by atomic mass is 16.5. The molecule has 0 atom stereocenters. The van der Waals surface area contributed by atoms with Gasteiger partial charge in [0, 0.05) is 6.54 Å². The van der Waals surface area contributed by atoms with Gasteiger partial charge in [-0.25, -0.2) is 0 Å². The van der Waals surface area contributed by atoms with E-state index in [9.17, 15) is 0 Å². The predicted molar refractivity (Wildman–Crippen MR) is 86.1 cm³/mol. The number of nitrogens with zero attached hydrogens (tertiary/aromatic N) is 3. The lowest BCUT2D eigenvalue weighted by Crippen LogP contribution is -2.03. The first-order valence-electron chi connectivity index (χ1n) is 6.91. The first kappa shape index (κ1) is 13.9. The Bertz CT molecular complexity index is 737. The smallest absolute Gasteiger partial charge is 0.244 e. The van der Waals surface area contributed by atoms with Crippen molar-refractivity contribution in [2.45, 2.75) is 6.54 Å². The van der Waals surface area contributed by atoms with Gasteiger partial charge in [-0.1, -0.05) is 30.3 Å². The average Bonchev–Trinajstić information content (AvgIpc) is 2.95. The molecule has 6 nitrogen and oxygen atoms in total. The van der Waals surface area contributed by atoms with Gasteiger partial charge in [-0.05, 0) is 29.8 Å². The summed E-state index contributed by atoms with van der Waals surface area (Å²) in [5, 5.41) is 7.55. The maximum Gasteiger partial charge on any atom is 0.244 e. The number of hydrogen-bond acceptors (Lipinski definition) is 5. The van der Waals surface area contributed by atoms with Crippen LogP contribution in [-0.2, 0) is 6.54 Å². The van der Waals surface area contributed by atoms with E-state index in [4.69, 9.17) is 10.5 Å². The summed E-state index contributed by atoms with van der Waals surface area (Å²) in [6.45, 7) is 0.646. The zero-order valence-electron chi connectivity index (χ0n) is 12.2. The normalized spacial score (nSPS) is 10.4. The highest BCUT2D eigenvalue weighted by Crippen LogP contribution is 2.17. The summed E-state index contributed by atoms with van der Waals surface area (Å²) in [4.78, 5) is 4.23. The molecule has 6 heteroatoms. The van der Waals surface area contributed by atoms with Gasteiger partial charge < -0.3 is 15.8 Å². The quantitative estimate of drug-likeness (QED) is 0.756. The zero-order valence-corrected chi connectivity index (χ0v) is 12.2. The molecule has 3 aromatic rings. The van der Waals surface area contributed by atoms with Gasteiger partial charge in [0.25, 0.3) is 0 Å². The number of nitrogen functional groups attached to an aromatic ring is 1. The Morgan fingerprint density at radius 3 is 2.50 bits per heavy atom. The van der Waals surface area contributed by atoms with Crippen molar-refractivity contribution < 1.29 is 4.74 Å². The number of hydrogen-bond donors (Lipinski definition) is 2. The lowest BCUT2D eigenvalue weighted by Gasteiger charge is -2.04. The van der Waals surface area contributed by atoms with Gasteiger partial charge in [-0.15, -0.1) is 5.10 Å². The van der Waals surface area contributed by atoms with Gasteiger partial charge in [-0.3, -0.25) is 0 Å². The topological polar surface area (TPSA) is 78.0 Å². The molecule has 0 aliphatic heterocycles. The van der Waals surface area contributed by atoms with E-state index in [2.05, 4.69) is 15.4 Å². The van der Waals surface area contributed by atoms with Crippen molar-refractivity contribution in [2.75, 3.05) is 18.2 Å². The SMILES string of the molecule is COc1ccc(-n2nc(NCc3ccccc3)nc2N)cc1. The third-order valence-electron chi connectivity index (χ3n) is 3.24. The van der Waals surface area contributed by atoms with Crippen LogP contribution in [-0.4, -0.2) is 21.9 Å². The molecule has 2 aromatic carbocycles. The second-order valence-electron chi connectivity index (χ2n) is 4.74. The number of benzene rings is 2. The van der Waals surface area contributed by atoms with E-state index >= 15 is 0 Å². The van der Waals surface area contributed by atoms with Crippen molar-refractivity contribution in [3.8, 4) is 11.4 Å². The van der Waals surface area contributed by atoms with Crippen LogP contribution in [0.15, 0.2) is 54.6 Å². The molecule has 3 N–H and O–H groups in total. The van der Waals surface area contributed by atoms with E-state index in [1.807, 2.05) is 54.6 Å². The van der Waals surface area contributed by atoms with Gasteiger partial charge in [0.2, 0.25) is 11.9 Å². The third-order valence-corrected chi connectivity index (χ3v) is 3.24. The molecule has 0 radical (unpaired) electrons. The number of anilines is 2. The van der Waals surface area contributed by atoms with E-state index in [0.29, 0.717) is 18.4 Å². The van der Waals surface area contributed by atoms with Gasteiger partial charge >= 0.3 is 0 Å². The summed E-state index contributed by atoms with van der Waals surface area (Å²) in [6.07, 6.45) is 0. The Morgan fingerprint density at radius 2 is 1.82 bits per heavy atom. The highest BCUT2D eigenvalue weighted by molar-refractivity contribution is 5.44. The van der Waals surface area contributed by atoms with Crippen molar-refractivity contribution in [3.05, 3.63) is 60.2 Å². The molecule has 0 aliphatic rings. The van der Waals surface area contributed by atoms with E-state index in [-0.39, 0.29) is 0 Å². The van der Waals surface area contributed by atoms with Crippen molar-refractivity contribution in [3.63, 3.8) is 0 Å². The third kappa shape index (κ3) is 3.01. The number of methoxy groups -OCH3 is 1. The van der Waals surface area contributed by atoms with E-state index < -0.39 is 0 Å². The molecule has 0 amide bonds. The van der Waals surface area contributed by atoms with Crippen LogP contribution in [0.1, 0.15) is 5.56 Å². The molecule has 0 bridgehead atoms. The molecular weight excluding hydrogens is 278 g/mol. The Balaban J connectivity index is 1.75. The van der Waals surface area contributed by atoms with Crippen LogP contribution in [0.25, 0.3) is 5.69 Å². The Kier molecular flexibility index (Phi) is 3.91. The Hall–Kier alpha value is -3.02. The molecule has 112 valence electrons. The maximum atomic E-state index is 5.93. The summed E-state index contributed by atoms with van der Waals surface area (Å²) in [5.74, 6) is 1.61. The highest BCUT2D eigenvalue weighted by Gasteiger charge is 2.08. The molecule has 0 saturated heterocycles. The van der Waals surface area contributed by atoms with E-state index in [1.165, 1.54) is 0 Å².